The molecule has 0 atom stereocenters. The van der Waals surface area contributed by atoms with Gasteiger partial charge in [-0.3, -0.25) is 0 Å². The average molecular weight is 194 g/mol. The lowest BCUT2D eigenvalue weighted by molar-refractivity contribution is 0.912. The quantitative estimate of drug-likeness (QED) is 0.805. The number of thiazole rings is 1. The largest absolute Gasteiger partial charge is 0.356 e. The van der Waals surface area contributed by atoms with Crippen LogP contribution in [0.3, 0.4) is 0 Å². The Morgan fingerprint density at radius 1 is 1.54 bits per heavy atom. The van der Waals surface area contributed by atoms with Gasteiger partial charge in [-0.2, -0.15) is 0 Å². The molecule has 0 radical (unpaired) electrons. The molecule has 0 unspecified atom stereocenters. The molecule has 2 aromatic rings. The van der Waals surface area contributed by atoms with Crippen molar-refractivity contribution in [2.75, 3.05) is 5.32 Å². The summed E-state index contributed by atoms with van der Waals surface area (Å²) in [4.78, 5) is 8.30. The van der Waals surface area contributed by atoms with Crippen LogP contribution in [0.25, 0.3) is 0 Å². The van der Waals surface area contributed by atoms with Gasteiger partial charge in [0.1, 0.15) is 0 Å². The smallest absolute Gasteiger partial charge is 0.182 e. The third-order valence-corrected chi connectivity index (χ3v) is 2.34. The summed E-state index contributed by atoms with van der Waals surface area (Å²) < 4.78 is 1.93. The Morgan fingerprint density at radius 2 is 2.46 bits per heavy atom. The topological polar surface area (TPSA) is 42.7 Å². The molecule has 0 aliphatic rings. The molecule has 0 spiro atoms. The zero-order valence-corrected chi connectivity index (χ0v) is 8.08. The van der Waals surface area contributed by atoms with Gasteiger partial charge in [-0.25, -0.2) is 9.97 Å². The Kier molecular flexibility index (Phi) is 2.27. The van der Waals surface area contributed by atoms with Crippen molar-refractivity contribution in [1.82, 2.24) is 14.5 Å². The molecule has 0 bridgehead atoms. The lowest BCUT2D eigenvalue weighted by Gasteiger charge is -1.97. The van der Waals surface area contributed by atoms with Gasteiger partial charge < -0.3 is 9.88 Å². The first-order chi connectivity index (χ1) is 6.34. The Bertz CT molecular complexity index is 365. The summed E-state index contributed by atoms with van der Waals surface area (Å²) in [5, 5.41) is 6.07. The van der Waals surface area contributed by atoms with E-state index >= 15 is 0 Å². The minimum Gasteiger partial charge on any atom is -0.356 e. The Hall–Kier alpha value is -1.36. The number of anilines is 1. The molecule has 2 aromatic heterocycles. The van der Waals surface area contributed by atoms with E-state index in [4.69, 9.17) is 0 Å². The van der Waals surface area contributed by atoms with Gasteiger partial charge in [0.25, 0.3) is 0 Å². The molecular formula is C8H10N4S. The Balaban J connectivity index is 1.93. The third kappa shape index (κ3) is 2.06. The first-order valence-electron chi connectivity index (χ1n) is 3.95. The van der Waals surface area contributed by atoms with Crippen LogP contribution in [0.4, 0.5) is 5.13 Å². The molecule has 0 fully saturated rings. The van der Waals surface area contributed by atoms with Crippen molar-refractivity contribution in [1.29, 1.82) is 0 Å². The van der Waals surface area contributed by atoms with Crippen LogP contribution in [0.2, 0.25) is 0 Å². The van der Waals surface area contributed by atoms with Gasteiger partial charge in [-0.1, -0.05) is 0 Å². The standard InChI is InChI=1S/C8H10N4S/c1-12-5-7(11-6-12)4-10-8-9-2-3-13-8/h2-3,5-6H,4H2,1H3,(H,9,10). The molecular weight excluding hydrogens is 184 g/mol. The molecule has 0 aromatic carbocycles. The first-order valence-corrected chi connectivity index (χ1v) is 4.83. The lowest BCUT2D eigenvalue weighted by atomic mass is 10.5. The van der Waals surface area contributed by atoms with Crippen LogP contribution >= 0.6 is 11.3 Å². The van der Waals surface area contributed by atoms with Crippen molar-refractivity contribution in [3.63, 3.8) is 0 Å². The minimum absolute atomic E-state index is 0.731. The highest BCUT2D eigenvalue weighted by atomic mass is 32.1. The molecule has 0 aliphatic heterocycles. The molecule has 0 saturated carbocycles. The summed E-state index contributed by atoms with van der Waals surface area (Å²) >= 11 is 1.59. The summed E-state index contributed by atoms with van der Waals surface area (Å²) in [6.45, 7) is 0.731. The van der Waals surface area contributed by atoms with Crippen molar-refractivity contribution >= 4 is 16.5 Å². The zero-order chi connectivity index (χ0) is 9.10. The maximum atomic E-state index is 4.19. The number of nitrogens with zero attached hydrogens (tertiary/aromatic N) is 3. The molecule has 0 amide bonds. The molecule has 5 heteroatoms. The van der Waals surface area contributed by atoms with Gasteiger partial charge in [0.15, 0.2) is 5.13 Å². The molecule has 0 aliphatic carbocycles. The monoisotopic (exact) mass is 194 g/mol. The highest BCUT2D eigenvalue weighted by Gasteiger charge is 1.97. The van der Waals surface area contributed by atoms with Gasteiger partial charge in [0.2, 0.25) is 0 Å². The van der Waals surface area contributed by atoms with Crippen LogP contribution in [-0.2, 0) is 13.6 Å². The molecule has 1 N–H and O–H groups in total. The zero-order valence-electron chi connectivity index (χ0n) is 7.27. The van der Waals surface area contributed by atoms with Crippen LogP contribution in [0, 0.1) is 0 Å². The molecule has 0 saturated heterocycles. The second-order valence-electron chi connectivity index (χ2n) is 2.72. The first kappa shape index (κ1) is 8.25. The highest BCUT2D eigenvalue weighted by Crippen LogP contribution is 2.11. The van der Waals surface area contributed by atoms with Gasteiger partial charge >= 0.3 is 0 Å². The predicted octanol–water partition coefficient (Wildman–Crippen LogP) is 1.49. The SMILES string of the molecule is Cn1cnc(CNc2nccs2)c1. The Labute approximate surface area is 80.3 Å². The van der Waals surface area contributed by atoms with E-state index in [0.29, 0.717) is 0 Å². The van der Waals surface area contributed by atoms with Gasteiger partial charge in [-0.15, -0.1) is 11.3 Å². The molecule has 2 heterocycles. The fourth-order valence-corrected chi connectivity index (χ4v) is 1.56. The minimum atomic E-state index is 0.731. The maximum Gasteiger partial charge on any atom is 0.182 e. The van der Waals surface area contributed by atoms with E-state index in [1.807, 2.05) is 23.2 Å². The van der Waals surface area contributed by atoms with E-state index < -0.39 is 0 Å². The number of aromatic nitrogens is 3. The summed E-state index contributed by atoms with van der Waals surface area (Å²) in [6, 6.07) is 0. The van der Waals surface area contributed by atoms with Gasteiger partial charge in [0, 0.05) is 24.8 Å². The second kappa shape index (κ2) is 3.57. The molecule has 13 heavy (non-hydrogen) atoms. The fourth-order valence-electron chi connectivity index (χ4n) is 1.04. The highest BCUT2D eigenvalue weighted by molar-refractivity contribution is 7.13. The van der Waals surface area contributed by atoms with E-state index in [0.717, 1.165) is 17.4 Å². The van der Waals surface area contributed by atoms with Crippen LogP contribution < -0.4 is 5.32 Å². The van der Waals surface area contributed by atoms with Crippen LogP contribution in [0.1, 0.15) is 5.69 Å². The van der Waals surface area contributed by atoms with Crippen LogP contribution in [-0.4, -0.2) is 14.5 Å². The van der Waals surface area contributed by atoms with Crippen molar-refractivity contribution in [2.24, 2.45) is 7.05 Å². The number of aryl methyl sites for hydroxylation is 1. The molecule has 2 rings (SSSR count). The van der Waals surface area contributed by atoms with Gasteiger partial charge in [-0.05, 0) is 0 Å². The van der Waals surface area contributed by atoms with E-state index in [9.17, 15) is 0 Å². The van der Waals surface area contributed by atoms with Gasteiger partial charge in [0.05, 0.1) is 18.6 Å². The van der Waals surface area contributed by atoms with Crippen molar-refractivity contribution in [2.45, 2.75) is 6.54 Å². The number of nitrogens with one attached hydrogen (secondary N) is 1. The average Bonchev–Trinajstić information content (AvgIpc) is 2.71. The van der Waals surface area contributed by atoms with Crippen molar-refractivity contribution in [3.8, 4) is 0 Å². The van der Waals surface area contributed by atoms with Crippen LogP contribution in [0.5, 0.6) is 0 Å². The Morgan fingerprint density at radius 3 is 3.08 bits per heavy atom. The molecule has 4 nitrogen and oxygen atoms in total. The van der Waals surface area contributed by atoms with E-state index in [1.165, 1.54) is 0 Å². The van der Waals surface area contributed by atoms with Crippen molar-refractivity contribution in [3.05, 3.63) is 29.8 Å². The van der Waals surface area contributed by atoms with E-state index in [-0.39, 0.29) is 0 Å². The second-order valence-corrected chi connectivity index (χ2v) is 3.62. The predicted molar refractivity (Wildman–Crippen MR) is 52.6 cm³/mol. The number of hydrogen-bond acceptors (Lipinski definition) is 4. The summed E-state index contributed by atoms with van der Waals surface area (Å²) in [5.74, 6) is 0. The number of imidazole rings is 1. The van der Waals surface area contributed by atoms with E-state index in [2.05, 4.69) is 15.3 Å². The van der Waals surface area contributed by atoms with Crippen LogP contribution in [0.15, 0.2) is 24.1 Å². The normalized spacial score (nSPS) is 10.2. The van der Waals surface area contributed by atoms with E-state index in [1.54, 1.807) is 23.9 Å². The lowest BCUT2D eigenvalue weighted by Crippen LogP contribution is -1.98. The number of hydrogen-bond donors (Lipinski definition) is 1. The number of rotatable bonds is 3. The summed E-state index contributed by atoms with van der Waals surface area (Å²) in [5.41, 5.74) is 1.03. The maximum absolute atomic E-state index is 4.19. The summed E-state index contributed by atoms with van der Waals surface area (Å²) in [7, 11) is 1.96. The fraction of sp³-hybridized carbons (Fsp3) is 0.250. The summed E-state index contributed by atoms with van der Waals surface area (Å²) in [6.07, 6.45) is 5.56. The third-order valence-electron chi connectivity index (χ3n) is 1.61. The molecule has 68 valence electrons. The van der Waals surface area contributed by atoms with Crippen molar-refractivity contribution < 1.29 is 0 Å².